The van der Waals surface area contributed by atoms with E-state index in [0.29, 0.717) is 24.8 Å². The molecule has 1 aliphatic carbocycles. The first-order valence-corrected chi connectivity index (χ1v) is 7.78. The minimum atomic E-state index is 0.00562. The predicted octanol–water partition coefficient (Wildman–Crippen LogP) is 2.59. The first kappa shape index (κ1) is 15.3. The summed E-state index contributed by atoms with van der Waals surface area (Å²) in [5, 5.41) is 8.93. The molecule has 1 amide bonds. The Morgan fingerprint density at radius 3 is 2.60 bits per heavy atom. The summed E-state index contributed by atoms with van der Waals surface area (Å²) in [6, 6.07) is 7.77. The molecule has 0 bridgehead atoms. The third-order valence-corrected chi connectivity index (χ3v) is 4.10. The lowest BCUT2D eigenvalue weighted by Crippen LogP contribution is -2.46. The first-order valence-electron chi connectivity index (χ1n) is 6.99. The van der Waals surface area contributed by atoms with E-state index in [1.54, 1.807) is 0 Å². The van der Waals surface area contributed by atoms with Gasteiger partial charge in [0.25, 0.3) is 5.91 Å². The van der Waals surface area contributed by atoms with Gasteiger partial charge in [-0.15, -0.1) is 0 Å². The maximum absolute atomic E-state index is 12.2. The van der Waals surface area contributed by atoms with Gasteiger partial charge in [-0.05, 0) is 49.9 Å². The van der Waals surface area contributed by atoms with Gasteiger partial charge in [0.15, 0.2) is 6.61 Å². The Hall–Kier alpha value is -1.07. The van der Waals surface area contributed by atoms with Crippen LogP contribution in [0.4, 0.5) is 0 Å². The Morgan fingerprint density at radius 2 is 2.05 bits per heavy atom. The molecule has 4 nitrogen and oxygen atoms in total. The van der Waals surface area contributed by atoms with Crippen molar-refractivity contribution in [1.82, 2.24) is 4.90 Å². The molecule has 1 fully saturated rings. The lowest BCUT2D eigenvalue weighted by Gasteiger charge is -2.37. The van der Waals surface area contributed by atoms with Crippen molar-refractivity contribution in [2.24, 2.45) is 0 Å². The molecule has 0 spiro atoms. The van der Waals surface area contributed by atoms with Gasteiger partial charge in [-0.2, -0.15) is 0 Å². The summed E-state index contributed by atoms with van der Waals surface area (Å²) < 4.78 is 6.51. The molecule has 20 heavy (non-hydrogen) atoms. The molecule has 0 radical (unpaired) electrons. The topological polar surface area (TPSA) is 49.8 Å². The smallest absolute Gasteiger partial charge is 0.260 e. The van der Waals surface area contributed by atoms with E-state index in [4.69, 9.17) is 9.84 Å². The lowest BCUT2D eigenvalue weighted by molar-refractivity contribution is -0.137. The zero-order chi connectivity index (χ0) is 14.4. The summed E-state index contributed by atoms with van der Waals surface area (Å²) in [5.41, 5.74) is 0. The fourth-order valence-corrected chi connectivity index (χ4v) is 2.47. The van der Waals surface area contributed by atoms with Gasteiger partial charge in [0.05, 0.1) is 0 Å². The van der Waals surface area contributed by atoms with E-state index in [1.807, 2.05) is 29.2 Å². The molecule has 1 N–H and O–H groups in total. The van der Waals surface area contributed by atoms with Crippen LogP contribution in [0.2, 0.25) is 0 Å². The van der Waals surface area contributed by atoms with Crippen molar-refractivity contribution in [2.45, 2.75) is 31.7 Å². The molecule has 1 aromatic rings. The van der Waals surface area contributed by atoms with Crippen LogP contribution in [0.1, 0.15) is 25.7 Å². The molecule has 1 saturated carbocycles. The molecule has 0 atom stereocenters. The van der Waals surface area contributed by atoms with Crippen LogP contribution in [0, 0.1) is 0 Å². The summed E-state index contributed by atoms with van der Waals surface area (Å²) in [6.45, 7) is 0.789. The molecule has 0 aromatic heterocycles. The second kappa shape index (κ2) is 7.64. The van der Waals surface area contributed by atoms with E-state index in [-0.39, 0.29) is 19.1 Å². The van der Waals surface area contributed by atoms with Crippen LogP contribution < -0.4 is 4.74 Å². The quantitative estimate of drug-likeness (QED) is 0.829. The number of aliphatic hydroxyl groups is 1. The molecule has 2 rings (SSSR count). The van der Waals surface area contributed by atoms with Crippen molar-refractivity contribution in [3.8, 4) is 5.75 Å². The van der Waals surface area contributed by atoms with Crippen LogP contribution in [0.5, 0.6) is 5.75 Å². The average Bonchev–Trinajstić information content (AvgIpc) is 2.40. The van der Waals surface area contributed by atoms with Gasteiger partial charge in [-0.25, -0.2) is 0 Å². The first-order chi connectivity index (χ1) is 9.70. The summed E-state index contributed by atoms with van der Waals surface area (Å²) in [7, 11) is 0. The van der Waals surface area contributed by atoms with E-state index >= 15 is 0 Å². The van der Waals surface area contributed by atoms with Gasteiger partial charge >= 0.3 is 0 Å². The minimum Gasteiger partial charge on any atom is -0.484 e. The number of halogens is 1. The molecule has 1 aliphatic rings. The van der Waals surface area contributed by atoms with Crippen LogP contribution in [-0.2, 0) is 4.79 Å². The fraction of sp³-hybridized carbons (Fsp3) is 0.533. The Bertz CT molecular complexity index is 431. The highest BCUT2D eigenvalue weighted by Gasteiger charge is 2.28. The number of rotatable bonds is 7. The summed E-state index contributed by atoms with van der Waals surface area (Å²) in [4.78, 5) is 14.1. The summed E-state index contributed by atoms with van der Waals surface area (Å²) in [6.07, 6.45) is 3.94. The van der Waals surface area contributed by atoms with E-state index in [0.717, 1.165) is 17.3 Å². The molecular formula is C15H20BrNO3. The molecule has 0 aliphatic heterocycles. The van der Waals surface area contributed by atoms with Gasteiger partial charge in [0.1, 0.15) is 5.75 Å². The maximum Gasteiger partial charge on any atom is 0.260 e. The van der Waals surface area contributed by atoms with Crippen molar-refractivity contribution in [3.63, 3.8) is 0 Å². The Morgan fingerprint density at radius 1 is 1.35 bits per heavy atom. The summed E-state index contributed by atoms with van der Waals surface area (Å²) >= 11 is 3.36. The van der Waals surface area contributed by atoms with Crippen LogP contribution in [0.25, 0.3) is 0 Å². The van der Waals surface area contributed by atoms with Crippen LogP contribution in [0.15, 0.2) is 28.7 Å². The fourth-order valence-electron chi connectivity index (χ4n) is 2.21. The Balaban J connectivity index is 1.85. The summed E-state index contributed by atoms with van der Waals surface area (Å²) in [5.74, 6) is 0.698. The third-order valence-electron chi connectivity index (χ3n) is 3.57. The molecule has 0 heterocycles. The van der Waals surface area contributed by atoms with Gasteiger partial charge in [-0.3, -0.25) is 4.79 Å². The Kier molecular flexibility index (Phi) is 5.86. The van der Waals surface area contributed by atoms with Gasteiger partial charge < -0.3 is 14.7 Å². The zero-order valence-electron chi connectivity index (χ0n) is 11.4. The van der Waals surface area contributed by atoms with E-state index in [2.05, 4.69) is 15.9 Å². The van der Waals surface area contributed by atoms with Gasteiger partial charge in [0.2, 0.25) is 0 Å². The second-order valence-electron chi connectivity index (χ2n) is 4.99. The SMILES string of the molecule is O=C(COc1ccc(Br)cc1)N(CCCO)C1CCC1. The van der Waals surface area contributed by atoms with Crippen molar-refractivity contribution in [2.75, 3.05) is 19.8 Å². The van der Waals surface area contributed by atoms with Crippen molar-refractivity contribution in [3.05, 3.63) is 28.7 Å². The predicted molar refractivity (Wildman–Crippen MR) is 80.7 cm³/mol. The average molecular weight is 342 g/mol. The van der Waals surface area contributed by atoms with E-state index in [1.165, 1.54) is 6.42 Å². The Labute approximate surface area is 127 Å². The standard InChI is InChI=1S/C15H20BrNO3/c16-12-5-7-14(8-6-12)20-11-15(19)17(9-2-10-18)13-3-1-4-13/h5-8,13,18H,1-4,9-11H2. The highest BCUT2D eigenvalue weighted by Crippen LogP contribution is 2.25. The highest BCUT2D eigenvalue weighted by atomic mass is 79.9. The highest BCUT2D eigenvalue weighted by molar-refractivity contribution is 9.10. The van der Waals surface area contributed by atoms with Crippen molar-refractivity contribution in [1.29, 1.82) is 0 Å². The number of nitrogens with zero attached hydrogens (tertiary/aromatic N) is 1. The lowest BCUT2D eigenvalue weighted by atomic mass is 9.91. The van der Waals surface area contributed by atoms with Crippen molar-refractivity contribution < 1.29 is 14.6 Å². The molecule has 110 valence electrons. The van der Waals surface area contributed by atoms with Crippen LogP contribution in [0.3, 0.4) is 0 Å². The third kappa shape index (κ3) is 4.21. The number of aliphatic hydroxyl groups excluding tert-OH is 1. The van der Waals surface area contributed by atoms with Crippen molar-refractivity contribution >= 4 is 21.8 Å². The number of hydrogen-bond acceptors (Lipinski definition) is 3. The van der Waals surface area contributed by atoms with E-state index in [9.17, 15) is 4.79 Å². The normalized spacial score (nSPS) is 14.7. The number of ether oxygens (including phenoxy) is 1. The molecule has 0 saturated heterocycles. The minimum absolute atomic E-state index is 0.00562. The molecule has 5 heteroatoms. The number of carbonyl (C=O) groups excluding carboxylic acids is 1. The van der Waals surface area contributed by atoms with Gasteiger partial charge in [0, 0.05) is 23.7 Å². The number of carbonyl (C=O) groups is 1. The number of benzene rings is 1. The molecule has 0 unspecified atom stereocenters. The number of amides is 1. The largest absolute Gasteiger partial charge is 0.484 e. The molecule has 1 aromatic carbocycles. The maximum atomic E-state index is 12.2. The second-order valence-corrected chi connectivity index (χ2v) is 5.91. The number of hydrogen-bond donors (Lipinski definition) is 1. The van der Waals surface area contributed by atoms with E-state index < -0.39 is 0 Å². The van der Waals surface area contributed by atoms with Crippen LogP contribution >= 0.6 is 15.9 Å². The molecular weight excluding hydrogens is 322 g/mol. The van der Waals surface area contributed by atoms with Gasteiger partial charge in [-0.1, -0.05) is 15.9 Å². The monoisotopic (exact) mass is 341 g/mol. The zero-order valence-corrected chi connectivity index (χ0v) is 13.0. The van der Waals surface area contributed by atoms with Crippen LogP contribution in [-0.4, -0.2) is 41.7 Å².